The summed E-state index contributed by atoms with van der Waals surface area (Å²) in [5.74, 6) is -0.319. The number of carbonyl (C=O) groups excluding carboxylic acids is 2. The number of benzene rings is 2. The Kier molecular flexibility index (Phi) is 8.84. The standard InChI is InChI=1S/C21H19I2N5O4/c22-16-6-14(7-17(23)19(16)29)9-26-28-20(30)18(8-15-10-24-12-25-15)27-21(31)32-11-13-4-2-1-3-5-13/h1-7,9-10,12,18,29H,8,11H2,(H,24,25)(H,27,31)(H,28,30)/b26-9-/t18-/m0/s1. The number of aromatic nitrogens is 2. The number of rotatable bonds is 8. The van der Waals surface area contributed by atoms with E-state index in [1.54, 1.807) is 18.3 Å². The first-order valence-electron chi connectivity index (χ1n) is 9.37. The van der Waals surface area contributed by atoms with Crippen molar-refractivity contribution in [2.45, 2.75) is 19.1 Å². The molecule has 0 radical (unpaired) electrons. The van der Waals surface area contributed by atoms with Gasteiger partial charge in [0, 0.05) is 18.3 Å². The van der Waals surface area contributed by atoms with Crippen molar-refractivity contribution in [2.75, 3.05) is 0 Å². The quantitative estimate of drug-likeness (QED) is 0.168. The fourth-order valence-electron chi connectivity index (χ4n) is 2.64. The summed E-state index contributed by atoms with van der Waals surface area (Å²) in [5, 5.41) is 16.4. The summed E-state index contributed by atoms with van der Waals surface area (Å²) in [6, 6.07) is 11.8. The third kappa shape index (κ3) is 7.19. The Hall–Kier alpha value is -2.68. The monoisotopic (exact) mass is 659 g/mol. The Morgan fingerprint density at radius 1 is 1.22 bits per heavy atom. The predicted molar refractivity (Wildman–Crippen MR) is 135 cm³/mol. The molecule has 0 spiro atoms. The summed E-state index contributed by atoms with van der Waals surface area (Å²) in [4.78, 5) is 31.8. The van der Waals surface area contributed by atoms with Gasteiger partial charge in [-0.1, -0.05) is 30.3 Å². The molecule has 1 atom stereocenters. The zero-order chi connectivity index (χ0) is 22.9. The van der Waals surface area contributed by atoms with E-state index in [0.717, 1.165) is 5.56 Å². The summed E-state index contributed by atoms with van der Waals surface area (Å²) in [7, 11) is 0. The second-order valence-corrected chi connectivity index (χ2v) is 8.93. The number of carbonyl (C=O) groups is 2. The molecular formula is C21H19I2N5O4. The largest absolute Gasteiger partial charge is 0.506 e. The SMILES string of the molecule is O=C(N[C@@H](Cc1cnc[nH]1)C(=O)N/N=C\c1cc(I)c(O)c(I)c1)OCc1ccccc1. The molecule has 166 valence electrons. The van der Waals surface area contributed by atoms with Crippen LogP contribution in [0.4, 0.5) is 4.79 Å². The third-order valence-corrected chi connectivity index (χ3v) is 5.87. The van der Waals surface area contributed by atoms with Crippen LogP contribution in [0.5, 0.6) is 5.75 Å². The van der Waals surface area contributed by atoms with E-state index < -0.39 is 18.0 Å². The van der Waals surface area contributed by atoms with Gasteiger partial charge in [-0.25, -0.2) is 15.2 Å². The molecule has 4 N–H and O–H groups in total. The van der Waals surface area contributed by atoms with Crippen molar-refractivity contribution in [2.24, 2.45) is 5.10 Å². The first-order chi connectivity index (χ1) is 15.4. The van der Waals surface area contributed by atoms with Crippen LogP contribution >= 0.6 is 45.2 Å². The zero-order valence-corrected chi connectivity index (χ0v) is 20.9. The molecule has 0 saturated carbocycles. The fourth-order valence-corrected chi connectivity index (χ4v) is 4.46. The molecule has 11 heteroatoms. The van der Waals surface area contributed by atoms with E-state index in [-0.39, 0.29) is 18.8 Å². The van der Waals surface area contributed by atoms with Crippen LogP contribution in [0.25, 0.3) is 0 Å². The molecule has 3 rings (SSSR count). The predicted octanol–water partition coefficient (Wildman–Crippen LogP) is 3.31. The van der Waals surface area contributed by atoms with Crippen LogP contribution in [0, 0.1) is 7.14 Å². The van der Waals surface area contributed by atoms with Gasteiger partial charge in [-0.3, -0.25) is 4.79 Å². The van der Waals surface area contributed by atoms with Crippen LogP contribution in [-0.4, -0.2) is 39.3 Å². The van der Waals surface area contributed by atoms with E-state index in [9.17, 15) is 14.7 Å². The highest BCUT2D eigenvalue weighted by atomic mass is 127. The average Bonchev–Trinajstić information content (AvgIpc) is 3.29. The molecule has 1 aromatic heterocycles. The van der Waals surface area contributed by atoms with E-state index >= 15 is 0 Å². The summed E-state index contributed by atoms with van der Waals surface area (Å²) in [6.07, 6.45) is 3.98. The highest BCUT2D eigenvalue weighted by Crippen LogP contribution is 2.26. The number of H-pyrrole nitrogens is 1. The Morgan fingerprint density at radius 2 is 1.94 bits per heavy atom. The zero-order valence-electron chi connectivity index (χ0n) is 16.6. The molecule has 0 unspecified atom stereocenters. The summed E-state index contributed by atoms with van der Waals surface area (Å²) in [5.41, 5.74) is 4.64. The molecule has 2 aromatic carbocycles. The number of imidazole rings is 1. The molecule has 3 aromatic rings. The number of alkyl carbamates (subject to hydrolysis) is 1. The number of phenols is 1. The maximum Gasteiger partial charge on any atom is 0.408 e. The minimum absolute atomic E-state index is 0.0847. The van der Waals surface area contributed by atoms with Crippen LogP contribution in [0.2, 0.25) is 0 Å². The lowest BCUT2D eigenvalue weighted by molar-refractivity contribution is -0.123. The maximum absolute atomic E-state index is 12.7. The Morgan fingerprint density at radius 3 is 2.59 bits per heavy atom. The molecule has 0 bridgehead atoms. The van der Waals surface area contributed by atoms with Crippen molar-refractivity contribution >= 4 is 63.4 Å². The van der Waals surface area contributed by atoms with Gasteiger partial charge in [-0.05, 0) is 68.4 Å². The number of amides is 2. The number of aromatic amines is 1. The highest BCUT2D eigenvalue weighted by molar-refractivity contribution is 14.1. The number of phenolic OH excluding ortho intramolecular Hbond substituents is 1. The first kappa shape index (κ1) is 24.0. The highest BCUT2D eigenvalue weighted by Gasteiger charge is 2.22. The van der Waals surface area contributed by atoms with Gasteiger partial charge in [0.1, 0.15) is 18.4 Å². The van der Waals surface area contributed by atoms with Crippen LogP contribution in [0.3, 0.4) is 0 Å². The van der Waals surface area contributed by atoms with Crippen molar-refractivity contribution in [1.82, 2.24) is 20.7 Å². The molecule has 0 aliphatic carbocycles. The van der Waals surface area contributed by atoms with Crippen molar-refractivity contribution in [3.05, 3.63) is 78.9 Å². The number of hydrogen-bond donors (Lipinski definition) is 4. The van der Waals surface area contributed by atoms with Crippen molar-refractivity contribution in [1.29, 1.82) is 0 Å². The minimum atomic E-state index is -0.934. The number of ether oxygens (including phenoxy) is 1. The summed E-state index contributed by atoms with van der Waals surface area (Å²) < 4.78 is 6.56. The van der Waals surface area contributed by atoms with Crippen LogP contribution in [0.15, 0.2) is 60.1 Å². The second-order valence-electron chi connectivity index (χ2n) is 6.61. The molecule has 0 aliphatic rings. The Balaban J connectivity index is 1.62. The van der Waals surface area contributed by atoms with Gasteiger partial charge in [-0.2, -0.15) is 5.10 Å². The Labute approximate surface area is 211 Å². The average molecular weight is 659 g/mol. The number of nitrogens with one attached hydrogen (secondary N) is 3. The van der Waals surface area contributed by atoms with E-state index in [4.69, 9.17) is 4.74 Å². The van der Waals surface area contributed by atoms with Gasteiger partial charge in [0.25, 0.3) is 5.91 Å². The molecular weight excluding hydrogens is 640 g/mol. The molecule has 0 fully saturated rings. The number of hydrogen-bond acceptors (Lipinski definition) is 6. The normalized spacial score (nSPS) is 11.8. The maximum atomic E-state index is 12.7. The van der Waals surface area contributed by atoms with Gasteiger partial charge < -0.3 is 20.1 Å². The fraction of sp³-hybridized carbons (Fsp3) is 0.143. The molecule has 9 nitrogen and oxygen atoms in total. The van der Waals surface area contributed by atoms with E-state index in [1.165, 1.54) is 12.5 Å². The van der Waals surface area contributed by atoms with Crippen LogP contribution < -0.4 is 10.7 Å². The number of hydrazone groups is 1. The van der Waals surface area contributed by atoms with Gasteiger partial charge in [0.05, 0.1) is 19.7 Å². The van der Waals surface area contributed by atoms with Gasteiger partial charge >= 0.3 is 6.09 Å². The van der Waals surface area contributed by atoms with E-state index in [0.29, 0.717) is 18.4 Å². The van der Waals surface area contributed by atoms with E-state index in [1.807, 2.05) is 75.5 Å². The first-order valence-corrected chi connectivity index (χ1v) is 11.5. The lowest BCUT2D eigenvalue weighted by atomic mass is 10.1. The van der Waals surface area contributed by atoms with E-state index in [2.05, 4.69) is 25.8 Å². The van der Waals surface area contributed by atoms with Gasteiger partial charge in [-0.15, -0.1) is 0 Å². The lowest BCUT2D eigenvalue weighted by Gasteiger charge is -2.16. The van der Waals surface area contributed by atoms with Gasteiger partial charge in [0.2, 0.25) is 0 Å². The molecule has 1 heterocycles. The Bertz CT molecular complexity index is 1070. The van der Waals surface area contributed by atoms with Crippen LogP contribution in [0.1, 0.15) is 16.8 Å². The van der Waals surface area contributed by atoms with Crippen molar-refractivity contribution in [3.63, 3.8) is 0 Å². The topological polar surface area (TPSA) is 129 Å². The third-order valence-electron chi connectivity index (χ3n) is 4.23. The van der Waals surface area contributed by atoms with Gasteiger partial charge in [0.15, 0.2) is 0 Å². The van der Waals surface area contributed by atoms with Crippen LogP contribution in [-0.2, 0) is 22.6 Å². The molecule has 2 amide bonds. The summed E-state index contributed by atoms with van der Waals surface area (Å²) in [6.45, 7) is 0.0847. The number of nitrogens with zero attached hydrogens (tertiary/aromatic N) is 2. The summed E-state index contributed by atoms with van der Waals surface area (Å²) >= 11 is 4.03. The molecule has 0 aliphatic heterocycles. The lowest BCUT2D eigenvalue weighted by Crippen LogP contribution is -2.47. The van der Waals surface area contributed by atoms with Crippen molar-refractivity contribution < 1.29 is 19.4 Å². The van der Waals surface area contributed by atoms with Crippen molar-refractivity contribution in [3.8, 4) is 5.75 Å². The second kappa shape index (κ2) is 11.8. The minimum Gasteiger partial charge on any atom is -0.506 e. The molecule has 32 heavy (non-hydrogen) atoms. The molecule has 0 saturated heterocycles. The number of aromatic hydroxyl groups is 1. The smallest absolute Gasteiger partial charge is 0.408 e. The number of halogens is 2.